The monoisotopic (exact) mass is 454 g/mol. The number of nitrogens with one attached hydrogen (secondary N) is 1. The van der Waals surface area contributed by atoms with Crippen LogP contribution < -0.4 is 10.1 Å². The number of esters is 1. The summed E-state index contributed by atoms with van der Waals surface area (Å²) in [6, 6.07) is 17.9. The molecule has 1 heterocycles. The largest absolute Gasteiger partial charge is 0.423 e. The smallest absolute Gasteiger partial charge is 0.343 e. The van der Waals surface area contributed by atoms with Crippen molar-refractivity contribution in [3.63, 3.8) is 0 Å². The molecule has 3 aromatic rings. The quantitative estimate of drug-likeness (QED) is 0.453. The molecule has 1 aliphatic heterocycles. The molecule has 0 aromatic heterocycles. The molecule has 1 aliphatic rings. The highest BCUT2D eigenvalue weighted by atomic mass is 32.2. The van der Waals surface area contributed by atoms with E-state index in [0.29, 0.717) is 30.8 Å². The van der Waals surface area contributed by atoms with Gasteiger partial charge >= 0.3 is 5.97 Å². The third-order valence-corrected chi connectivity index (χ3v) is 6.87. The summed E-state index contributed by atoms with van der Waals surface area (Å²) in [6.45, 7) is 0.646. The fourth-order valence-corrected chi connectivity index (χ4v) is 4.67. The maximum absolute atomic E-state index is 14.2. The highest BCUT2D eigenvalue weighted by Crippen LogP contribution is 2.25. The second-order valence-corrected chi connectivity index (χ2v) is 9.04. The van der Waals surface area contributed by atoms with Gasteiger partial charge in [-0.15, -0.1) is 0 Å². The van der Waals surface area contributed by atoms with Gasteiger partial charge in [0.15, 0.2) is 0 Å². The molecular formula is C23H19FN2O5S. The second-order valence-electron chi connectivity index (χ2n) is 7.14. The molecule has 0 aliphatic carbocycles. The van der Waals surface area contributed by atoms with Crippen LogP contribution in [0.25, 0.3) is 0 Å². The molecule has 164 valence electrons. The zero-order valence-corrected chi connectivity index (χ0v) is 17.6. The van der Waals surface area contributed by atoms with Gasteiger partial charge in [-0.05, 0) is 61.0 Å². The van der Waals surface area contributed by atoms with Crippen LogP contribution in [0, 0.1) is 5.82 Å². The molecule has 0 spiro atoms. The lowest BCUT2D eigenvalue weighted by Gasteiger charge is -2.29. The first-order chi connectivity index (χ1) is 15.3. The third-order valence-electron chi connectivity index (χ3n) is 4.96. The van der Waals surface area contributed by atoms with E-state index in [1.54, 1.807) is 36.4 Å². The molecule has 0 radical (unpaired) electrons. The van der Waals surface area contributed by atoms with Crippen LogP contribution in [-0.4, -0.2) is 37.7 Å². The van der Waals surface area contributed by atoms with Gasteiger partial charge < -0.3 is 10.1 Å². The van der Waals surface area contributed by atoms with Crippen molar-refractivity contribution >= 4 is 27.6 Å². The van der Waals surface area contributed by atoms with Crippen LogP contribution in [0.3, 0.4) is 0 Å². The molecule has 3 aromatic carbocycles. The van der Waals surface area contributed by atoms with E-state index in [2.05, 4.69) is 5.32 Å². The summed E-state index contributed by atoms with van der Waals surface area (Å²) >= 11 is 0. The number of hydrogen-bond acceptors (Lipinski definition) is 5. The van der Waals surface area contributed by atoms with Gasteiger partial charge in [-0.3, -0.25) is 4.79 Å². The first kappa shape index (κ1) is 21.7. The molecule has 1 amide bonds. The number of rotatable bonds is 6. The topological polar surface area (TPSA) is 92.8 Å². The van der Waals surface area contributed by atoms with Crippen molar-refractivity contribution in [2.24, 2.45) is 0 Å². The average Bonchev–Trinajstić information content (AvgIpc) is 2.74. The van der Waals surface area contributed by atoms with E-state index in [1.807, 2.05) is 6.07 Å². The molecule has 0 unspecified atom stereocenters. The minimum atomic E-state index is -3.99. The normalized spacial score (nSPS) is 13.8. The summed E-state index contributed by atoms with van der Waals surface area (Å²) in [5.41, 5.74) is 0.915. The molecule has 9 heteroatoms. The minimum Gasteiger partial charge on any atom is -0.423 e. The highest BCUT2D eigenvalue weighted by molar-refractivity contribution is 7.89. The molecule has 7 nitrogen and oxygen atoms in total. The molecule has 1 N–H and O–H groups in total. The number of carbonyl (C=O) groups is 2. The van der Waals surface area contributed by atoms with Crippen molar-refractivity contribution in [2.75, 3.05) is 18.4 Å². The van der Waals surface area contributed by atoms with Gasteiger partial charge in [0.05, 0.1) is 5.56 Å². The zero-order chi connectivity index (χ0) is 22.7. The van der Waals surface area contributed by atoms with Crippen LogP contribution in [0.5, 0.6) is 5.75 Å². The lowest BCUT2D eigenvalue weighted by molar-refractivity contribution is 0.0734. The molecule has 0 saturated carbocycles. The third kappa shape index (κ3) is 4.53. The maximum atomic E-state index is 14.2. The standard InChI is InChI=1S/C23H19FN2O5S/c24-20-12-7-17(15-21(20)32(29,30)26-13-4-14-26)23(28)31-19-10-8-18(9-11-19)25-22(27)16-5-2-1-3-6-16/h1-3,5-12,15H,4,13-14H2,(H,25,27). The summed E-state index contributed by atoms with van der Waals surface area (Å²) in [7, 11) is -3.99. The Morgan fingerprint density at radius 3 is 2.22 bits per heavy atom. The number of carbonyl (C=O) groups excluding carboxylic acids is 2. The van der Waals surface area contributed by atoms with Gasteiger partial charge in [0.2, 0.25) is 10.0 Å². The summed E-state index contributed by atoms with van der Waals surface area (Å²) < 4.78 is 45.6. The van der Waals surface area contributed by atoms with Crippen molar-refractivity contribution < 1.29 is 27.1 Å². The number of amides is 1. The summed E-state index contributed by atoms with van der Waals surface area (Å²) in [6.07, 6.45) is 0.713. The molecule has 1 saturated heterocycles. The van der Waals surface area contributed by atoms with E-state index in [0.717, 1.165) is 16.4 Å². The number of benzene rings is 3. The van der Waals surface area contributed by atoms with Crippen molar-refractivity contribution in [3.8, 4) is 5.75 Å². The zero-order valence-electron chi connectivity index (χ0n) is 16.8. The van der Waals surface area contributed by atoms with Crippen LogP contribution in [0.1, 0.15) is 27.1 Å². The lowest BCUT2D eigenvalue weighted by Crippen LogP contribution is -2.42. The number of anilines is 1. The van der Waals surface area contributed by atoms with Crippen molar-refractivity contribution in [1.82, 2.24) is 4.31 Å². The Morgan fingerprint density at radius 2 is 1.59 bits per heavy atom. The summed E-state index contributed by atoms with van der Waals surface area (Å²) in [5, 5.41) is 2.73. The predicted molar refractivity (Wildman–Crippen MR) is 116 cm³/mol. The fourth-order valence-electron chi connectivity index (χ4n) is 3.06. The number of sulfonamides is 1. The molecule has 4 rings (SSSR count). The number of ether oxygens (including phenoxy) is 1. The molecule has 0 atom stereocenters. The SMILES string of the molecule is O=C(Nc1ccc(OC(=O)c2ccc(F)c(S(=O)(=O)N3CCC3)c2)cc1)c1ccccc1. The first-order valence-corrected chi connectivity index (χ1v) is 11.3. The van der Waals surface area contributed by atoms with Gasteiger partial charge in [-0.2, -0.15) is 4.31 Å². The second kappa shape index (κ2) is 8.89. The van der Waals surface area contributed by atoms with Gasteiger partial charge in [0, 0.05) is 24.3 Å². The minimum absolute atomic E-state index is 0.0908. The van der Waals surface area contributed by atoms with Crippen LogP contribution in [0.2, 0.25) is 0 Å². The Balaban J connectivity index is 1.45. The van der Waals surface area contributed by atoms with E-state index in [-0.39, 0.29) is 17.2 Å². The molecule has 0 bridgehead atoms. The summed E-state index contributed by atoms with van der Waals surface area (Å²) in [5.74, 6) is -1.85. The first-order valence-electron chi connectivity index (χ1n) is 9.83. The van der Waals surface area contributed by atoms with Crippen molar-refractivity contribution in [2.45, 2.75) is 11.3 Å². The van der Waals surface area contributed by atoms with Crippen LogP contribution in [-0.2, 0) is 10.0 Å². The van der Waals surface area contributed by atoms with Crippen molar-refractivity contribution in [1.29, 1.82) is 0 Å². The van der Waals surface area contributed by atoms with Gasteiger partial charge in [0.25, 0.3) is 5.91 Å². The highest BCUT2D eigenvalue weighted by Gasteiger charge is 2.32. The molecule has 1 fully saturated rings. The van der Waals surface area contributed by atoms with E-state index in [4.69, 9.17) is 4.74 Å². The lowest BCUT2D eigenvalue weighted by atomic mass is 10.2. The van der Waals surface area contributed by atoms with Crippen molar-refractivity contribution in [3.05, 3.63) is 89.7 Å². The Kier molecular flexibility index (Phi) is 6.02. The van der Waals surface area contributed by atoms with Gasteiger partial charge in [-0.1, -0.05) is 18.2 Å². The Labute approximate surface area is 184 Å². The molecular weight excluding hydrogens is 435 g/mol. The maximum Gasteiger partial charge on any atom is 0.343 e. The van der Waals surface area contributed by atoms with Crippen LogP contribution in [0.15, 0.2) is 77.7 Å². The predicted octanol–water partition coefficient (Wildman–Crippen LogP) is 3.69. The average molecular weight is 454 g/mol. The Morgan fingerprint density at radius 1 is 0.906 bits per heavy atom. The fraction of sp³-hybridized carbons (Fsp3) is 0.130. The van der Waals surface area contributed by atoms with Crippen LogP contribution >= 0.6 is 0 Å². The summed E-state index contributed by atoms with van der Waals surface area (Å²) in [4.78, 5) is 24.1. The Bertz CT molecular complexity index is 1260. The number of nitrogens with zero attached hydrogens (tertiary/aromatic N) is 1. The number of halogens is 1. The van der Waals surface area contributed by atoms with E-state index < -0.39 is 26.7 Å². The Hall–Kier alpha value is -3.56. The van der Waals surface area contributed by atoms with Gasteiger partial charge in [0.1, 0.15) is 16.5 Å². The van der Waals surface area contributed by atoms with Crippen LogP contribution in [0.4, 0.5) is 10.1 Å². The van der Waals surface area contributed by atoms with Gasteiger partial charge in [-0.25, -0.2) is 17.6 Å². The van der Waals surface area contributed by atoms with E-state index in [9.17, 15) is 22.4 Å². The van der Waals surface area contributed by atoms with E-state index in [1.165, 1.54) is 18.2 Å². The van der Waals surface area contributed by atoms with E-state index >= 15 is 0 Å². The molecule has 32 heavy (non-hydrogen) atoms. The number of hydrogen-bond donors (Lipinski definition) is 1.